The molecule has 2 aromatic heterocycles. The molecule has 0 aromatic carbocycles. The third-order valence-corrected chi connectivity index (χ3v) is 3.52. The molecule has 0 bridgehead atoms. The molecule has 10 heteroatoms. The summed E-state index contributed by atoms with van der Waals surface area (Å²) in [6.45, 7) is 0. The smallest absolute Gasteiger partial charge is 0.244 e. The van der Waals surface area contributed by atoms with Gasteiger partial charge in [0.2, 0.25) is 0 Å². The van der Waals surface area contributed by atoms with Crippen molar-refractivity contribution >= 4 is 27.6 Å². The Kier molecular flexibility index (Phi) is 2.94. The van der Waals surface area contributed by atoms with Gasteiger partial charge in [-0.3, -0.25) is 0 Å². The lowest BCUT2D eigenvalue weighted by atomic mass is 10.5. The van der Waals surface area contributed by atoms with Crippen LogP contribution in [-0.2, 0) is 17.1 Å². The number of sulfonamides is 1. The maximum Gasteiger partial charge on any atom is 0.277 e. The number of hydrogen-bond donors (Lipinski definition) is 1. The van der Waals surface area contributed by atoms with Crippen molar-refractivity contribution in [2.45, 2.75) is 4.90 Å². The molecule has 1 N–H and O–H groups in total. The van der Waals surface area contributed by atoms with Crippen LogP contribution in [0.25, 0.3) is 0 Å². The highest BCUT2D eigenvalue weighted by atomic mass is 35.5. The van der Waals surface area contributed by atoms with Gasteiger partial charge in [0.05, 0.1) is 7.05 Å². The second-order valence-electron chi connectivity index (χ2n) is 3.00. The zero-order chi connectivity index (χ0) is 12.5. The van der Waals surface area contributed by atoms with Crippen molar-refractivity contribution in [1.82, 2.24) is 25.2 Å². The second-order valence-corrected chi connectivity index (χ2v) is 5.01. The van der Waals surface area contributed by atoms with Gasteiger partial charge in [0.1, 0.15) is 10.0 Å². The molecule has 0 atom stereocenters. The topological polar surface area (TPSA) is 103 Å². The molecular weight excluding hydrogens is 268 g/mol. The van der Waals surface area contributed by atoms with E-state index in [4.69, 9.17) is 11.6 Å². The molecule has 0 fully saturated rings. The van der Waals surface area contributed by atoms with E-state index in [0.29, 0.717) is 0 Å². The number of aromatic nitrogens is 5. The van der Waals surface area contributed by atoms with Gasteiger partial charge in [-0.05, 0) is 17.3 Å². The van der Waals surface area contributed by atoms with Gasteiger partial charge in [-0.25, -0.2) is 18.1 Å². The fraction of sp³-hybridized carbons (Fsp3) is 0.143. The molecule has 0 aliphatic carbocycles. The van der Waals surface area contributed by atoms with Crippen molar-refractivity contribution < 1.29 is 8.42 Å². The van der Waals surface area contributed by atoms with Crippen LogP contribution in [0.1, 0.15) is 0 Å². The van der Waals surface area contributed by atoms with E-state index in [-0.39, 0.29) is 16.0 Å². The maximum absolute atomic E-state index is 11.9. The van der Waals surface area contributed by atoms with Crippen LogP contribution in [0.4, 0.5) is 5.95 Å². The average Bonchev–Trinajstić information content (AvgIpc) is 2.63. The van der Waals surface area contributed by atoms with Crippen LogP contribution in [-0.4, -0.2) is 33.6 Å². The summed E-state index contributed by atoms with van der Waals surface area (Å²) >= 11 is 5.69. The zero-order valence-corrected chi connectivity index (χ0v) is 10.1. The van der Waals surface area contributed by atoms with E-state index in [2.05, 4.69) is 25.1 Å². The van der Waals surface area contributed by atoms with Crippen LogP contribution in [0, 0.1) is 0 Å². The zero-order valence-electron chi connectivity index (χ0n) is 8.57. The van der Waals surface area contributed by atoms with E-state index < -0.39 is 10.0 Å². The highest BCUT2D eigenvalue weighted by molar-refractivity contribution is 7.92. The summed E-state index contributed by atoms with van der Waals surface area (Å²) in [4.78, 5) is 4.66. The Hall–Kier alpha value is -1.74. The molecule has 0 saturated carbocycles. The first kappa shape index (κ1) is 11.7. The van der Waals surface area contributed by atoms with Gasteiger partial charge >= 0.3 is 0 Å². The molecule has 2 aromatic rings. The number of hydrogen-bond acceptors (Lipinski definition) is 6. The molecule has 8 nitrogen and oxygen atoms in total. The van der Waals surface area contributed by atoms with Crippen molar-refractivity contribution in [2.75, 3.05) is 4.72 Å². The van der Waals surface area contributed by atoms with Crippen molar-refractivity contribution in [1.29, 1.82) is 0 Å². The number of aryl methyl sites for hydroxylation is 1. The van der Waals surface area contributed by atoms with E-state index in [1.807, 2.05) is 0 Å². The molecule has 0 aliphatic rings. The average molecular weight is 275 g/mol. The van der Waals surface area contributed by atoms with E-state index in [9.17, 15) is 8.42 Å². The van der Waals surface area contributed by atoms with Crippen molar-refractivity contribution in [2.24, 2.45) is 7.05 Å². The summed E-state index contributed by atoms with van der Waals surface area (Å²) in [6, 6.07) is 2.79. The van der Waals surface area contributed by atoms with Crippen molar-refractivity contribution in [3.63, 3.8) is 0 Å². The third-order valence-electron chi connectivity index (χ3n) is 1.75. The molecule has 2 heterocycles. The molecule has 0 radical (unpaired) electrons. The molecule has 0 aliphatic heterocycles. The minimum absolute atomic E-state index is 0.121. The number of pyridine rings is 1. The summed E-state index contributed by atoms with van der Waals surface area (Å²) < 4.78 is 25.9. The van der Waals surface area contributed by atoms with Crippen LogP contribution in [0.2, 0.25) is 5.15 Å². The number of nitrogens with one attached hydrogen (secondary N) is 1. The normalized spacial score (nSPS) is 11.4. The monoisotopic (exact) mass is 274 g/mol. The summed E-state index contributed by atoms with van der Waals surface area (Å²) in [6.07, 6.45) is 1.39. The van der Waals surface area contributed by atoms with Crippen molar-refractivity contribution in [3.8, 4) is 0 Å². The molecular formula is C7H7ClN6O2S. The minimum Gasteiger partial charge on any atom is -0.244 e. The van der Waals surface area contributed by atoms with E-state index in [0.717, 1.165) is 4.80 Å². The molecule has 2 rings (SSSR count). The minimum atomic E-state index is -3.85. The predicted octanol–water partition coefficient (Wildman–Crippen LogP) is 0.0593. The van der Waals surface area contributed by atoms with Crippen LogP contribution in [0.3, 0.4) is 0 Å². The molecule has 0 amide bonds. The highest BCUT2D eigenvalue weighted by Crippen LogP contribution is 2.19. The lowest BCUT2D eigenvalue weighted by molar-refractivity contribution is 0.600. The first-order valence-corrected chi connectivity index (χ1v) is 6.22. The maximum atomic E-state index is 11.9. The molecule has 0 spiro atoms. The summed E-state index contributed by atoms with van der Waals surface area (Å²) in [5, 5.41) is 10.6. The Labute approximate surface area is 102 Å². The van der Waals surface area contributed by atoms with Crippen LogP contribution >= 0.6 is 11.6 Å². The number of rotatable bonds is 3. The number of nitrogens with zero attached hydrogens (tertiary/aromatic N) is 5. The Balaban J connectivity index is 2.35. The van der Waals surface area contributed by atoms with Crippen LogP contribution in [0.15, 0.2) is 23.2 Å². The Morgan fingerprint density at radius 1 is 1.47 bits per heavy atom. The number of tetrazole rings is 1. The van der Waals surface area contributed by atoms with Gasteiger partial charge < -0.3 is 0 Å². The van der Waals surface area contributed by atoms with E-state index >= 15 is 0 Å². The summed E-state index contributed by atoms with van der Waals surface area (Å²) in [5.74, 6) is -0.132. The van der Waals surface area contributed by atoms with Gasteiger partial charge in [-0.2, -0.15) is 4.80 Å². The standard InChI is InChI=1S/C7H7ClN6O2S/c1-14-11-7(10-13-14)12-17(15,16)5-3-2-4-9-6(5)8/h2-4H,1H3,(H,11,12). The lowest BCUT2D eigenvalue weighted by Crippen LogP contribution is -2.15. The quantitative estimate of drug-likeness (QED) is 0.794. The third kappa shape index (κ3) is 2.50. The fourth-order valence-corrected chi connectivity index (χ4v) is 2.46. The fourth-order valence-electron chi connectivity index (χ4n) is 1.07. The van der Waals surface area contributed by atoms with E-state index in [1.54, 1.807) is 0 Å². The van der Waals surface area contributed by atoms with Gasteiger partial charge in [-0.15, -0.1) is 5.10 Å². The predicted molar refractivity (Wildman–Crippen MR) is 58.9 cm³/mol. The molecule has 90 valence electrons. The van der Waals surface area contributed by atoms with Gasteiger partial charge in [-0.1, -0.05) is 16.7 Å². The molecule has 0 saturated heterocycles. The summed E-state index contributed by atoms with van der Waals surface area (Å²) in [5.41, 5.74) is 0. The Morgan fingerprint density at radius 2 is 2.24 bits per heavy atom. The SMILES string of the molecule is Cn1nnc(NS(=O)(=O)c2cccnc2Cl)n1. The summed E-state index contributed by atoms with van der Waals surface area (Å²) in [7, 11) is -2.34. The lowest BCUT2D eigenvalue weighted by Gasteiger charge is -2.04. The number of anilines is 1. The highest BCUT2D eigenvalue weighted by Gasteiger charge is 2.20. The molecule has 17 heavy (non-hydrogen) atoms. The molecule has 0 unspecified atom stereocenters. The Bertz CT molecular complexity index is 639. The van der Waals surface area contributed by atoms with Crippen LogP contribution < -0.4 is 4.72 Å². The van der Waals surface area contributed by atoms with Crippen molar-refractivity contribution in [3.05, 3.63) is 23.5 Å². The number of halogens is 1. The first-order chi connectivity index (χ1) is 7.99. The van der Waals surface area contributed by atoms with Gasteiger partial charge in [0.15, 0.2) is 0 Å². The van der Waals surface area contributed by atoms with Crippen LogP contribution in [0.5, 0.6) is 0 Å². The van der Waals surface area contributed by atoms with E-state index in [1.165, 1.54) is 25.4 Å². The van der Waals surface area contributed by atoms with Gasteiger partial charge in [0.25, 0.3) is 16.0 Å². The van der Waals surface area contributed by atoms with Gasteiger partial charge in [0, 0.05) is 6.20 Å². The Morgan fingerprint density at radius 3 is 2.82 bits per heavy atom. The first-order valence-electron chi connectivity index (χ1n) is 4.36. The largest absolute Gasteiger partial charge is 0.277 e. The second kappa shape index (κ2) is 4.26.